The van der Waals surface area contributed by atoms with Crippen LogP contribution in [0.25, 0.3) is 0 Å². The zero-order chi connectivity index (χ0) is 10.7. The molecule has 1 aromatic carbocycles. The van der Waals surface area contributed by atoms with Crippen molar-refractivity contribution < 1.29 is 5.11 Å². The highest BCUT2D eigenvalue weighted by atomic mass is 35.5. The molecule has 82 valence electrons. The minimum atomic E-state index is 0.239. The molecular formula is C12H16ClNO. The van der Waals surface area contributed by atoms with Crippen LogP contribution in [-0.4, -0.2) is 24.3 Å². The van der Waals surface area contributed by atoms with Crippen LogP contribution < -0.4 is 4.90 Å². The number of aliphatic hydroxyl groups is 1. The molecule has 1 heterocycles. The summed E-state index contributed by atoms with van der Waals surface area (Å²) in [4.78, 5) is 2.28. The van der Waals surface area contributed by atoms with Gasteiger partial charge >= 0.3 is 0 Å². The molecule has 0 aromatic heterocycles. The van der Waals surface area contributed by atoms with Crippen molar-refractivity contribution in [2.24, 2.45) is 0 Å². The molecule has 1 atom stereocenters. The largest absolute Gasteiger partial charge is 0.394 e. The van der Waals surface area contributed by atoms with Gasteiger partial charge < -0.3 is 10.0 Å². The van der Waals surface area contributed by atoms with Crippen LogP contribution in [0, 0.1) is 0 Å². The maximum atomic E-state index is 9.31. The number of halogens is 1. The summed E-state index contributed by atoms with van der Waals surface area (Å²) in [6.07, 6.45) is 3.51. The van der Waals surface area contributed by atoms with Gasteiger partial charge in [-0.2, -0.15) is 0 Å². The first-order valence-electron chi connectivity index (χ1n) is 5.44. The summed E-state index contributed by atoms with van der Waals surface area (Å²) in [5, 5.41) is 10.1. The van der Waals surface area contributed by atoms with Gasteiger partial charge in [-0.15, -0.1) is 0 Å². The highest BCUT2D eigenvalue weighted by Crippen LogP contribution is 2.25. The average molecular weight is 226 g/mol. The molecular weight excluding hydrogens is 210 g/mol. The van der Waals surface area contributed by atoms with Crippen LogP contribution in [-0.2, 0) is 0 Å². The fourth-order valence-corrected chi connectivity index (χ4v) is 2.29. The van der Waals surface area contributed by atoms with Crippen LogP contribution in [0.4, 0.5) is 5.69 Å². The molecule has 0 saturated carbocycles. The number of hydrogen-bond donors (Lipinski definition) is 1. The van der Waals surface area contributed by atoms with Crippen molar-refractivity contribution in [1.29, 1.82) is 0 Å². The Bertz CT molecular complexity index is 312. The highest BCUT2D eigenvalue weighted by molar-refractivity contribution is 6.30. The van der Waals surface area contributed by atoms with Crippen LogP contribution in [0.5, 0.6) is 0 Å². The molecule has 1 aliphatic rings. The maximum absolute atomic E-state index is 9.31. The summed E-state index contributed by atoms with van der Waals surface area (Å²) < 4.78 is 0. The van der Waals surface area contributed by atoms with Crippen LogP contribution in [0.1, 0.15) is 19.3 Å². The van der Waals surface area contributed by atoms with Gasteiger partial charge in [0, 0.05) is 17.3 Å². The summed E-state index contributed by atoms with van der Waals surface area (Å²) in [5.41, 5.74) is 1.16. The smallest absolute Gasteiger partial charge is 0.0635 e. The van der Waals surface area contributed by atoms with E-state index in [1.54, 1.807) is 0 Å². The van der Waals surface area contributed by atoms with Gasteiger partial charge in [-0.25, -0.2) is 0 Å². The number of piperidine rings is 1. The lowest BCUT2D eigenvalue weighted by Gasteiger charge is -2.36. The lowest BCUT2D eigenvalue weighted by molar-refractivity contribution is 0.240. The third kappa shape index (κ3) is 2.44. The summed E-state index contributed by atoms with van der Waals surface area (Å²) >= 11 is 5.85. The lowest BCUT2D eigenvalue weighted by atomic mass is 10.0. The van der Waals surface area contributed by atoms with E-state index in [9.17, 15) is 5.11 Å². The Hall–Kier alpha value is -0.730. The van der Waals surface area contributed by atoms with E-state index in [-0.39, 0.29) is 12.6 Å². The zero-order valence-corrected chi connectivity index (χ0v) is 9.45. The molecule has 0 amide bonds. The Morgan fingerprint density at radius 2 is 2.00 bits per heavy atom. The Morgan fingerprint density at radius 1 is 1.27 bits per heavy atom. The van der Waals surface area contributed by atoms with E-state index in [1.807, 2.05) is 24.3 Å². The number of nitrogens with zero attached hydrogens (tertiary/aromatic N) is 1. The van der Waals surface area contributed by atoms with Gasteiger partial charge in [0.05, 0.1) is 12.6 Å². The zero-order valence-electron chi connectivity index (χ0n) is 8.69. The normalized spacial score (nSPS) is 21.7. The second kappa shape index (κ2) is 4.86. The number of hydrogen-bond acceptors (Lipinski definition) is 2. The first-order valence-corrected chi connectivity index (χ1v) is 5.82. The quantitative estimate of drug-likeness (QED) is 0.837. The van der Waals surface area contributed by atoms with Crippen LogP contribution in [0.3, 0.4) is 0 Å². The summed E-state index contributed by atoms with van der Waals surface area (Å²) in [6.45, 7) is 1.27. The van der Waals surface area contributed by atoms with Crippen LogP contribution >= 0.6 is 11.6 Å². The lowest BCUT2D eigenvalue weighted by Crippen LogP contribution is -2.41. The fraction of sp³-hybridized carbons (Fsp3) is 0.500. The van der Waals surface area contributed by atoms with Gasteiger partial charge in [-0.05, 0) is 43.5 Å². The van der Waals surface area contributed by atoms with E-state index >= 15 is 0 Å². The molecule has 1 unspecified atom stereocenters. The predicted molar refractivity (Wildman–Crippen MR) is 63.5 cm³/mol. The van der Waals surface area contributed by atoms with E-state index in [0.29, 0.717) is 0 Å². The molecule has 0 radical (unpaired) electrons. The fourth-order valence-electron chi connectivity index (χ4n) is 2.16. The van der Waals surface area contributed by atoms with Gasteiger partial charge in [0.2, 0.25) is 0 Å². The molecule has 0 spiro atoms. The Labute approximate surface area is 95.5 Å². The third-order valence-corrected chi connectivity index (χ3v) is 3.25. The summed E-state index contributed by atoms with van der Waals surface area (Å²) in [7, 11) is 0. The molecule has 1 aliphatic heterocycles. The first kappa shape index (κ1) is 10.8. The van der Waals surface area contributed by atoms with Crippen molar-refractivity contribution in [3.8, 4) is 0 Å². The maximum Gasteiger partial charge on any atom is 0.0635 e. The minimum absolute atomic E-state index is 0.239. The second-order valence-corrected chi connectivity index (χ2v) is 4.44. The predicted octanol–water partition coefficient (Wildman–Crippen LogP) is 2.69. The third-order valence-electron chi connectivity index (χ3n) is 3.00. The molecule has 2 rings (SSSR count). The Balaban J connectivity index is 2.16. The van der Waals surface area contributed by atoms with E-state index < -0.39 is 0 Å². The van der Waals surface area contributed by atoms with Crippen LogP contribution in [0.15, 0.2) is 24.3 Å². The van der Waals surface area contributed by atoms with Crippen molar-refractivity contribution in [3.63, 3.8) is 0 Å². The van der Waals surface area contributed by atoms with E-state index in [1.165, 1.54) is 12.8 Å². The van der Waals surface area contributed by atoms with Gasteiger partial charge in [0.1, 0.15) is 0 Å². The molecule has 2 nitrogen and oxygen atoms in total. The highest BCUT2D eigenvalue weighted by Gasteiger charge is 2.21. The van der Waals surface area contributed by atoms with Crippen LogP contribution in [0.2, 0.25) is 5.02 Å². The molecule has 1 aromatic rings. The molecule has 15 heavy (non-hydrogen) atoms. The van der Waals surface area contributed by atoms with E-state index in [4.69, 9.17) is 11.6 Å². The average Bonchev–Trinajstić information content (AvgIpc) is 2.30. The number of rotatable bonds is 2. The van der Waals surface area contributed by atoms with Crippen molar-refractivity contribution in [3.05, 3.63) is 29.3 Å². The molecule has 1 N–H and O–H groups in total. The summed E-state index contributed by atoms with van der Waals surface area (Å²) in [6, 6.07) is 8.13. The van der Waals surface area contributed by atoms with E-state index in [0.717, 1.165) is 23.7 Å². The topological polar surface area (TPSA) is 23.5 Å². The first-order chi connectivity index (χ1) is 7.31. The monoisotopic (exact) mass is 225 g/mol. The number of benzene rings is 1. The standard InChI is InChI=1S/C12H16ClNO/c13-10-4-6-11(7-5-10)14-8-2-1-3-12(14)9-15/h4-7,12,15H,1-3,8-9H2. The van der Waals surface area contributed by atoms with Gasteiger partial charge in [-0.1, -0.05) is 11.6 Å². The minimum Gasteiger partial charge on any atom is -0.394 e. The SMILES string of the molecule is OCC1CCCCN1c1ccc(Cl)cc1. The Morgan fingerprint density at radius 3 is 2.67 bits per heavy atom. The van der Waals surface area contributed by atoms with Crippen molar-refractivity contribution >= 4 is 17.3 Å². The Kier molecular flexibility index (Phi) is 3.49. The molecule has 1 fully saturated rings. The number of anilines is 1. The van der Waals surface area contributed by atoms with Crippen molar-refractivity contribution in [1.82, 2.24) is 0 Å². The summed E-state index contributed by atoms with van der Waals surface area (Å²) in [5.74, 6) is 0. The van der Waals surface area contributed by atoms with E-state index in [2.05, 4.69) is 4.90 Å². The number of aliphatic hydroxyl groups excluding tert-OH is 1. The van der Waals surface area contributed by atoms with Gasteiger partial charge in [0.15, 0.2) is 0 Å². The van der Waals surface area contributed by atoms with Crippen molar-refractivity contribution in [2.75, 3.05) is 18.1 Å². The molecule has 1 saturated heterocycles. The molecule has 0 bridgehead atoms. The van der Waals surface area contributed by atoms with Gasteiger partial charge in [0.25, 0.3) is 0 Å². The molecule has 3 heteroatoms. The van der Waals surface area contributed by atoms with Crippen molar-refractivity contribution in [2.45, 2.75) is 25.3 Å². The second-order valence-electron chi connectivity index (χ2n) is 4.00. The molecule has 0 aliphatic carbocycles. The van der Waals surface area contributed by atoms with Gasteiger partial charge in [-0.3, -0.25) is 0 Å².